The number of fused-ring (bicyclic) bond motifs is 1. The van der Waals surface area contributed by atoms with E-state index in [9.17, 15) is 14.0 Å². The first kappa shape index (κ1) is 16.2. The maximum Gasteiger partial charge on any atom is 0.227 e. The molecular formula is C19H19FN2O2. The third kappa shape index (κ3) is 3.62. The van der Waals surface area contributed by atoms with E-state index in [1.807, 2.05) is 18.2 Å². The zero-order valence-corrected chi connectivity index (χ0v) is 13.5. The summed E-state index contributed by atoms with van der Waals surface area (Å²) in [5.74, 6) is -0.255. The molecule has 1 N–H and O–H groups in total. The Bertz CT molecular complexity index is 771. The van der Waals surface area contributed by atoms with E-state index in [4.69, 9.17) is 0 Å². The summed E-state index contributed by atoms with van der Waals surface area (Å²) in [7, 11) is 1.77. The maximum atomic E-state index is 12.9. The van der Waals surface area contributed by atoms with E-state index >= 15 is 0 Å². The molecule has 0 atom stereocenters. The van der Waals surface area contributed by atoms with Gasteiger partial charge in [0.15, 0.2) is 0 Å². The molecule has 0 unspecified atom stereocenters. The van der Waals surface area contributed by atoms with Gasteiger partial charge in [0.25, 0.3) is 0 Å². The molecule has 0 spiro atoms. The van der Waals surface area contributed by atoms with E-state index in [2.05, 4.69) is 5.32 Å². The van der Waals surface area contributed by atoms with Gasteiger partial charge in [-0.15, -0.1) is 0 Å². The minimum atomic E-state index is -0.289. The van der Waals surface area contributed by atoms with Gasteiger partial charge in [-0.2, -0.15) is 0 Å². The number of amides is 2. The summed E-state index contributed by atoms with van der Waals surface area (Å²) in [6.07, 6.45) is 1.50. The molecule has 0 radical (unpaired) electrons. The lowest BCUT2D eigenvalue weighted by Crippen LogP contribution is -2.31. The Hall–Kier alpha value is -2.69. The zero-order valence-electron chi connectivity index (χ0n) is 13.5. The zero-order chi connectivity index (χ0) is 17.1. The highest BCUT2D eigenvalue weighted by Crippen LogP contribution is 2.27. The molecule has 1 aliphatic rings. The molecule has 1 heterocycles. The summed E-state index contributed by atoms with van der Waals surface area (Å²) in [6, 6.07) is 11.8. The van der Waals surface area contributed by atoms with Crippen molar-refractivity contribution in [3.05, 3.63) is 65.0 Å². The van der Waals surface area contributed by atoms with Crippen LogP contribution in [0.3, 0.4) is 0 Å². The molecular weight excluding hydrogens is 307 g/mol. The Morgan fingerprint density at radius 1 is 1.12 bits per heavy atom. The summed E-state index contributed by atoms with van der Waals surface area (Å²) in [6.45, 7) is 0.376. The molecule has 2 amide bonds. The van der Waals surface area contributed by atoms with Crippen molar-refractivity contribution in [2.75, 3.05) is 11.9 Å². The van der Waals surface area contributed by atoms with Crippen molar-refractivity contribution in [1.82, 2.24) is 5.32 Å². The van der Waals surface area contributed by atoms with Crippen LogP contribution in [0.4, 0.5) is 10.1 Å². The van der Waals surface area contributed by atoms with Crippen LogP contribution in [0.25, 0.3) is 0 Å². The van der Waals surface area contributed by atoms with Gasteiger partial charge in [-0.1, -0.05) is 24.3 Å². The highest BCUT2D eigenvalue weighted by atomic mass is 19.1. The number of rotatable bonds is 4. The third-order valence-corrected chi connectivity index (χ3v) is 4.26. The lowest BCUT2D eigenvalue weighted by molar-refractivity contribution is -0.120. The van der Waals surface area contributed by atoms with Crippen LogP contribution in [0.1, 0.15) is 23.1 Å². The predicted molar refractivity (Wildman–Crippen MR) is 90.1 cm³/mol. The van der Waals surface area contributed by atoms with Crippen molar-refractivity contribution in [2.45, 2.75) is 25.8 Å². The number of halogens is 1. The van der Waals surface area contributed by atoms with Crippen LogP contribution in [-0.2, 0) is 29.0 Å². The number of nitrogens with one attached hydrogen (secondary N) is 1. The summed E-state index contributed by atoms with van der Waals surface area (Å²) in [5.41, 5.74) is 3.80. The fourth-order valence-electron chi connectivity index (χ4n) is 2.87. The van der Waals surface area contributed by atoms with Gasteiger partial charge < -0.3 is 10.2 Å². The molecule has 2 aromatic rings. The fraction of sp³-hybridized carbons (Fsp3) is 0.263. The molecule has 3 rings (SSSR count). The SMILES string of the molecule is CN1C(=O)CCc2cc(CC(=O)NCc3ccc(F)cc3)ccc21. The molecule has 4 nitrogen and oxygen atoms in total. The second kappa shape index (κ2) is 6.83. The van der Waals surface area contributed by atoms with Gasteiger partial charge in [0.05, 0.1) is 6.42 Å². The van der Waals surface area contributed by atoms with Crippen LogP contribution in [-0.4, -0.2) is 18.9 Å². The number of hydrogen-bond donors (Lipinski definition) is 1. The minimum absolute atomic E-state index is 0.0838. The number of anilines is 1. The Labute approximate surface area is 140 Å². The van der Waals surface area contributed by atoms with Gasteiger partial charge in [0.2, 0.25) is 11.8 Å². The molecule has 0 saturated heterocycles. The molecule has 0 bridgehead atoms. The average Bonchev–Trinajstić information content (AvgIpc) is 2.58. The van der Waals surface area contributed by atoms with Crippen molar-refractivity contribution >= 4 is 17.5 Å². The first-order valence-electron chi connectivity index (χ1n) is 7.92. The van der Waals surface area contributed by atoms with Gasteiger partial charge in [-0.3, -0.25) is 9.59 Å². The Kier molecular flexibility index (Phi) is 4.60. The van der Waals surface area contributed by atoms with E-state index in [0.717, 1.165) is 22.4 Å². The first-order chi connectivity index (χ1) is 11.5. The minimum Gasteiger partial charge on any atom is -0.352 e. The predicted octanol–water partition coefficient (Wildman–Crippen LogP) is 2.59. The summed E-state index contributed by atoms with van der Waals surface area (Å²) >= 11 is 0. The van der Waals surface area contributed by atoms with E-state index in [1.165, 1.54) is 12.1 Å². The van der Waals surface area contributed by atoms with E-state index in [1.54, 1.807) is 24.1 Å². The topological polar surface area (TPSA) is 49.4 Å². The molecule has 0 aromatic heterocycles. The lowest BCUT2D eigenvalue weighted by Gasteiger charge is -2.26. The van der Waals surface area contributed by atoms with E-state index in [-0.39, 0.29) is 24.1 Å². The second-order valence-corrected chi connectivity index (χ2v) is 6.00. The summed E-state index contributed by atoms with van der Waals surface area (Å²) in [5, 5.41) is 2.84. The van der Waals surface area contributed by atoms with Gasteiger partial charge in [-0.25, -0.2) is 4.39 Å². The van der Waals surface area contributed by atoms with Gasteiger partial charge in [0.1, 0.15) is 5.82 Å². The number of nitrogens with zero attached hydrogens (tertiary/aromatic N) is 1. The second-order valence-electron chi connectivity index (χ2n) is 6.00. The molecule has 1 aliphatic heterocycles. The van der Waals surface area contributed by atoms with Crippen LogP contribution in [0.5, 0.6) is 0 Å². The van der Waals surface area contributed by atoms with Crippen molar-refractivity contribution in [1.29, 1.82) is 0 Å². The molecule has 124 valence electrons. The van der Waals surface area contributed by atoms with Crippen molar-refractivity contribution in [3.8, 4) is 0 Å². The number of benzene rings is 2. The average molecular weight is 326 g/mol. The third-order valence-electron chi connectivity index (χ3n) is 4.26. The van der Waals surface area contributed by atoms with Crippen LogP contribution < -0.4 is 10.2 Å². The summed E-state index contributed by atoms with van der Waals surface area (Å²) < 4.78 is 12.9. The normalized spacial score (nSPS) is 13.6. The van der Waals surface area contributed by atoms with E-state index in [0.29, 0.717) is 19.4 Å². The fourth-order valence-corrected chi connectivity index (χ4v) is 2.87. The number of carbonyl (C=O) groups excluding carboxylic acids is 2. The van der Waals surface area contributed by atoms with Crippen LogP contribution in [0.15, 0.2) is 42.5 Å². The summed E-state index contributed by atoms with van der Waals surface area (Å²) in [4.78, 5) is 25.5. The Balaban J connectivity index is 1.60. The molecule has 0 aliphatic carbocycles. The Morgan fingerprint density at radius 3 is 2.58 bits per heavy atom. The smallest absolute Gasteiger partial charge is 0.227 e. The van der Waals surface area contributed by atoms with Gasteiger partial charge in [-0.05, 0) is 41.3 Å². The van der Waals surface area contributed by atoms with E-state index < -0.39 is 0 Å². The Morgan fingerprint density at radius 2 is 1.83 bits per heavy atom. The van der Waals surface area contributed by atoms with Crippen LogP contribution >= 0.6 is 0 Å². The number of carbonyl (C=O) groups is 2. The molecule has 0 saturated carbocycles. The number of hydrogen-bond acceptors (Lipinski definition) is 2. The quantitative estimate of drug-likeness (QED) is 0.939. The highest BCUT2D eigenvalue weighted by Gasteiger charge is 2.20. The highest BCUT2D eigenvalue weighted by molar-refractivity contribution is 5.96. The van der Waals surface area contributed by atoms with Crippen molar-refractivity contribution < 1.29 is 14.0 Å². The standard InChI is InChI=1S/C19H19FN2O2/c1-22-17-8-4-14(10-15(17)5-9-19(22)24)11-18(23)21-12-13-2-6-16(20)7-3-13/h2-4,6-8,10H,5,9,11-12H2,1H3,(H,21,23). The molecule has 24 heavy (non-hydrogen) atoms. The van der Waals surface area contributed by atoms with Gasteiger partial charge in [0, 0.05) is 25.7 Å². The van der Waals surface area contributed by atoms with Crippen molar-refractivity contribution in [3.63, 3.8) is 0 Å². The molecule has 2 aromatic carbocycles. The monoisotopic (exact) mass is 326 g/mol. The number of aryl methyl sites for hydroxylation is 1. The molecule has 0 fully saturated rings. The molecule has 5 heteroatoms. The van der Waals surface area contributed by atoms with Crippen LogP contribution in [0, 0.1) is 5.82 Å². The lowest BCUT2D eigenvalue weighted by atomic mass is 9.98. The van der Waals surface area contributed by atoms with Crippen molar-refractivity contribution in [2.24, 2.45) is 0 Å². The first-order valence-corrected chi connectivity index (χ1v) is 7.92. The van der Waals surface area contributed by atoms with Crippen LogP contribution in [0.2, 0.25) is 0 Å². The largest absolute Gasteiger partial charge is 0.352 e. The van der Waals surface area contributed by atoms with Gasteiger partial charge >= 0.3 is 0 Å². The maximum absolute atomic E-state index is 12.9.